The zero-order valence-electron chi connectivity index (χ0n) is 25.9. The summed E-state index contributed by atoms with van der Waals surface area (Å²) in [5, 5.41) is 0. The lowest BCUT2D eigenvalue weighted by Gasteiger charge is -2.05. The summed E-state index contributed by atoms with van der Waals surface area (Å²) in [4.78, 5) is 18.4. The van der Waals surface area contributed by atoms with Crippen LogP contribution in [0.1, 0.15) is 126 Å². The fourth-order valence-electron chi connectivity index (χ4n) is 7.15. The van der Waals surface area contributed by atoms with E-state index in [9.17, 15) is 0 Å². The van der Waals surface area contributed by atoms with Gasteiger partial charge in [-0.05, 0) is 120 Å². The molecule has 3 aromatic heterocycles. The maximum Gasteiger partial charge on any atom is 0.0910 e. The van der Waals surface area contributed by atoms with E-state index in [0.717, 1.165) is 74.1 Å². The van der Waals surface area contributed by atoms with Gasteiger partial charge in [-0.3, -0.25) is 0 Å². The molecule has 0 radical (unpaired) electrons. The third kappa shape index (κ3) is 4.36. The summed E-state index contributed by atoms with van der Waals surface area (Å²) in [6.07, 6.45) is 7.83. The van der Waals surface area contributed by atoms with Crippen LogP contribution in [-0.4, -0.2) is 19.9 Å². The summed E-state index contributed by atoms with van der Waals surface area (Å²) in [7, 11) is 0. The zero-order chi connectivity index (χ0) is 28.6. The van der Waals surface area contributed by atoms with Crippen molar-refractivity contribution in [3.8, 4) is 0 Å². The number of allylic oxidation sites excluding steroid dienone is 4. The van der Waals surface area contributed by atoms with E-state index in [4.69, 9.17) is 9.97 Å². The molecule has 8 bridgehead atoms. The van der Waals surface area contributed by atoms with Gasteiger partial charge < -0.3 is 9.97 Å². The first-order valence-corrected chi connectivity index (χ1v) is 15.7. The van der Waals surface area contributed by atoms with Crippen LogP contribution in [0.3, 0.4) is 0 Å². The highest BCUT2D eigenvalue weighted by Gasteiger charge is 2.24. The van der Waals surface area contributed by atoms with Gasteiger partial charge in [0.2, 0.25) is 0 Å². The van der Waals surface area contributed by atoms with Gasteiger partial charge >= 0.3 is 0 Å². The van der Waals surface area contributed by atoms with E-state index in [0.29, 0.717) is 0 Å². The topological polar surface area (TPSA) is 57.4 Å². The summed E-state index contributed by atoms with van der Waals surface area (Å²) in [5.41, 5.74) is 20.3. The van der Waals surface area contributed by atoms with Crippen LogP contribution in [0.2, 0.25) is 0 Å². The second-order valence-electron chi connectivity index (χ2n) is 10.8. The van der Waals surface area contributed by atoms with E-state index in [1.165, 1.54) is 66.6 Å². The third-order valence-corrected chi connectivity index (χ3v) is 9.00. The Morgan fingerprint density at radius 2 is 0.775 bits per heavy atom. The van der Waals surface area contributed by atoms with Crippen molar-refractivity contribution in [2.45, 2.75) is 107 Å². The lowest BCUT2D eigenvalue weighted by Crippen LogP contribution is -1.90. The summed E-state index contributed by atoms with van der Waals surface area (Å²) in [6.45, 7) is 18.1. The van der Waals surface area contributed by atoms with Crippen molar-refractivity contribution in [2.75, 3.05) is 0 Å². The first kappa shape index (κ1) is 28.1. The molecule has 0 aliphatic carbocycles. The molecule has 0 saturated carbocycles. The number of hydrogen-bond acceptors (Lipinski definition) is 2. The number of fused-ring (bicyclic) bond motifs is 10. The molecule has 0 unspecified atom stereocenters. The van der Waals surface area contributed by atoms with E-state index in [1.807, 2.05) is 0 Å². The molecule has 2 aliphatic rings. The minimum Gasteiger partial charge on any atom is -0.353 e. The Bertz CT molecular complexity index is 1550. The first-order chi connectivity index (χ1) is 19.5. The fraction of sp³-hybridized carbons (Fsp3) is 0.444. The van der Waals surface area contributed by atoms with Gasteiger partial charge in [0.15, 0.2) is 0 Å². The molecule has 0 aromatic carbocycles. The van der Waals surface area contributed by atoms with Crippen LogP contribution >= 0.6 is 0 Å². The summed E-state index contributed by atoms with van der Waals surface area (Å²) in [6, 6.07) is 9.04. The molecule has 0 saturated heterocycles. The molecular formula is C36H46N4. The van der Waals surface area contributed by atoms with Crippen LogP contribution in [0, 0.1) is 0 Å². The minimum absolute atomic E-state index is 0.969. The lowest BCUT2D eigenvalue weighted by molar-refractivity contribution is 1.07. The van der Waals surface area contributed by atoms with Gasteiger partial charge in [0.25, 0.3) is 0 Å². The Morgan fingerprint density at radius 1 is 0.425 bits per heavy atom. The van der Waals surface area contributed by atoms with Gasteiger partial charge in [0, 0.05) is 11.0 Å². The number of hydrogen-bond donors (Lipinski definition) is 2. The van der Waals surface area contributed by atoms with Crippen molar-refractivity contribution in [3.63, 3.8) is 0 Å². The van der Waals surface area contributed by atoms with Gasteiger partial charge in [0.1, 0.15) is 0 Å². The van der Waals surface area contributed by atoms with E-state index in [-0.39, 0.29) is 0 Å². The third-order valence-electron chi connectivity index (χ3n) is 9.00. The Hall–Kier alpha value is -3.40. The van der Waals surface area contributed by atoms with Crippen molar-refractivity contribution in [3.05, 3.63) is 69.3 Å². The molecule has 0 spiro atoms. The van der Waals surface area contributed by atoms with Gasteiger partial charge in [-0.25, -0.2) is 9.97 Å². The van der Waals surface area contributed by atoms with Gasteiger partial charge in [0.05, 0.1) is 33.8 Å². The smallest absolute Gasteiger partial charge is 0.0910 e. The van der Waals surface area contributed by atoms with E-state index in [1.54, 1.807) is 0 Å². The Kier molecular flexibility index (Phi) is 8.16. The number of nitrogens with zero attached hydrogens (tertiary/aromatic N) is 2. The SMILES string of the molecule is CCC1=C(CC)c2nc1ccc1nc(c3[nH]c(ccc4[nH]c2c(CC)c4CC)c(CC)c3CC)C(CC)=C1CC. The van der Waals surface area contributed by atoms with Crippen LogP contribution in [0.4, 0.5) is 0 Å². The van der Waals surface area contributed by atoms with Crippen molar-refractivity contribution in [1.29, 1.82) is 0 Å². The number of H-pyrrole nitrogens is 2. The molecule has 40 heavy (non-hydrogen) atoms. The summed E-state index contributed by atoms with van der Waals surface area (Å²) >= 11 is 0. The Morgan fingerprint density at radius 3 is 1.07 bits per heavy atom. The predicted octanol–water partition coefficient (Wildman–Crippen LogP) is 10.0. The number of aromatic amines is 2. The number of rotatable bonds is 8. The molecule has 5 rings (SSSR count). The highest BCUT2D eigenvalue weighted by atomic mass is 14.8. The summed E-state index contributed by atoms with van der Waals surface area (Å²) in [5.74, 6) is 0. The highest BCUT2D eigenvalue weighted by molar-refractivity contribution is 5.99. The fourth-order valence-corrected chi connectivity index (χ4v) is 7.15. The average molecular weight is 535 g/mol. The predicted molar refractivity (Wildman–Crippen MR) is 173 cm³/mol. The monoisotopic (exact) mass is 534 g/mol. The molecule has 4 nitrogen and oxygen atoms in total. The van der Waals surface area contributed by atoms with Crippen molar-refractivity contribution >= 4 is 44.4 Å². The quantitative estimate of drug-likeness (QED) is 0.302. The van der Waals surface area contributed by atoms with E-state index >= 15 is 0 Å². The normalized spacial score (nSPS) is 13.6. The maximum absolute atomic E-state index is 5.33. The molecule has 2 N–H and O–H groups in total. The molecule has 0 amide bonds. The molecule has 0 atom stereocenters. The van der Waals surface area contributed by atoms with Gasteiger partial charge in [-0.15, -0.1) is 0 Å². The largest absolute Gasteiger partial charge is 0.353 e. The molecule has 4 heteroatoms. The number of aromatic nitrogens is 4. The second kappa shape index (κ2) is 11.6. The number of nitrogens with one attached hydrogen (secondary N) is 2. The Labute approximate surface area is 240 Å². The molecule has 5 heterocycles. The van der Waals surface area contributed by atoms with Crippen molar-refractivity contribution < 1.29 is 0 Å². The molecular weight excluding hydrogens is 488 g/mol. The van der Waals surface area contributed by atoms with Crippen LogP contribution < -0.4 is 0 Å². The number of aryl methyl sites for hydroxylation is 4. The minimum atomic E-state index is 0.969. The molecule has 0 fully saturated rings. The summed E-state index contributed by atoms with van der Waals surface area (Å²) < 4.78 is 0. The van der Waals surface area contributed by atoms with Crippen LogP contribution in [0.5, 0.6) is 0 Å². The van der Waals surface area contributed by atoms with Gasteiger partial charge in [-0.1, -0.05) is 55.4 Å². The molecule has 3 aromatic rings. The highest BCUT2D eigenvalue weighted by Crippen LogP contribution is 2.40. The van der Waals surface area contributed by atoms with Crippen LogP contribution in [0.15, 0.2) is 24.3 Å². The average Bonchev–Trinajstić information content (AvgIpc) is 3.71. The molecule has 210 valence electrons. The zero-order valence-corrected chi connectivity index (χ0v) is 25.9. The van der Waals surface area contributed by atoms with Crippen LogP contribution in [-0.2, 0) is 25.7 Å². The van der Waals surface area contributed by atoms with E-state index in [2.05, 4.69) is 89.6 Å². The maximum atomic E-state index is 5.33. The first-order valence-electron chi connectivity index (χ1n) is 15.7. The van der Waals surface area contributed by atoms with Crippen LogP contribution in [0.25, 0.3) is 44.4 Å². The van der Waals surface area contributed by atoms with Gasteiger partial charge in [-0.2, -0.15) is 0 Å². The van der Waals surface area contributed by atoms with Crippen molar-refractivity contribution in [1.82, 2.24) is 19.9 Å². The van der Waals surface area contributed by atoms with Crippen molar-refractivity contribution in [2.24, 2.45) is 0 Å². The Balaban J connectivity index is 2.03. The van der Waals surface area contributed by atoms with E-state index < -0.39 is 0 Å². The standard InChI is InChI=1S/C36H46N4/c1-9-21-25(13-5)33-34-26(14-6)22(10-2)31(38-34)19-20-32-24(12-4)28(16-8)36(40-32)35-27(15-7)23(11-3)30(39-35)18-17-29(21)37-33/h17-20,37,39H,9-16H2,1-8H3. The second-order valence-corrected chi connectivity index (χ2v) is 10.8. The molecule has 2 aliphatic heterocycles. The lowest BCUT2D eigenvalue weighted by atomic mass is 9.97.